The number of nitrogens with one attached hydrogen (secondary N) is 1. The van der Waals surface area contributed by atoms with Crippen LogP contribution in [0.15, 0.2) is 41.5 Å². The van der Waals surface area contributed by atoms with Crippen molar-refractivity contribution in [2.45, 2.75) is 19.4 Å². The van der Waals surface area contributed by atoms with Crippen molar-refractivity contribution in [1.29, 1.82) is 0 Å². The molecule has 0 radical (unpaired) electrons. The third-order valence-electron chi connectivity index (χ3n) is 4.79. The van der Waals surface area contributed by atoms with E-state index in [2.05, 4.69) is 10.2 Å². The van der Waals surface area contributed by atoms with Gasteiger partial charge in [0, 0.05) is 37.6 Å². The minimum absolute atomic E-state index is 0.00158. The third-order valence-corrected chi connectivity index (χ3v) is 4.79. The molecule has 0 aromatic heterocycles. The monoisotopic (exact) mass is 366 g/mol. The average molecular weight is 366 g/mol. The zero-order valence-corrected chi connectivity index (χ0v) is 14.8. The maximum atomic E-state index is 12.7. The molecule has 0 unspecified atom stereocenters. The van der Waals surface area contributed by atoms with Crippen molar-refractivity contribution in [3.05, 3.63) is 58.1 Å². The fourth-order valence-corrected chi connectivity index (χ4v) is 3.44. The number of hydrogen-bond donors (Lipinski definition) is 1. The summed E-state index contributed by atoms with van der Waals surface area (Å²) in [5.41, 5.74) is 2.48. The number of methoxy groups -OCH3 is 1. The van der Waals surface area contributed by atoms with E-state index >= 15 is 0 Å². The van der Waals surface area contributed by atoms with Gasteiger partial charge in [-0.25, -0.2) is 9.89 Å². The van der Waals surface area contributed by atoms with Gasteiger partial charge in [-0.05, 0) is 18.1 Å². The lowest BCUT2D eigenvalue weighted by molar-refractivity contribution is -0.118. The smallest absolute Gasteiger partial charge is 0.341 e. The van der Waals surface area contributed by atoms with E-state index in [1.165, 1.54) is 12.7 Å². The average Bonchev–Trinajstić information content (AvgIpc) is 3.29. The van der Waals surface area contributed by atoms with Gasteiger partial charge in [0.1, 0.15) is 11.3 Å². The lowest BCUT2D eigenvalue weighted by Gasteiger charge is -2.18. The van der Waals surface area contributed by atoms with E-state index < -0.39 is 5.97 Å². The summed E-state index contributed by atoms with van der Waals surface area (Å²) in [6.45, 7) is 1.00. The van der Waals surface area contributed by atoms with Crippen molar-refractivity contribution < 1.29 is 14.3 Å². The summed E-state index contributed by atoms with van der Waals surface area (Å²) >= 11 is 0. The van der Waals surface area contributed by atoms with Crippen molar-refractivity contribution in [3.8, 4) is 11.3 Å². The number of amides is 1. The van der Waals surface area contributed by atoms with Crippen LogP contribution in [0, 0.1) is 0 Å². The summed E-state index contributed by atoms with van der Waals surface area (Å²) in [6.07, 6.45) is 4.25. The number of pyridine rings is 1. The van der Waals surface area contributed by atoms with Gasteiger partial charge >= 0.3 is 5.97 Å². The molecule has 27 heavy (non-hydrogen) atoms. The van der Waals surface area contributed by atoms with Crippen LogP contribution in [-0.2, 0) is 22.5 Å². The van der Waals surface area contributed by atoms with Crippen LogP contribution in [-0.4, -0.2) is 40.3 Å². The maximum Gasteiger partial charge on any atom is 0.341 e. The SMILES string of the molecule is COC(=O)c1cn(CCC(=O)N2CCc3ccccc32)cc2c(=O)[nH]nc1-2. The van der Waals surface area contributed by atoms with Crippen LogP contribution >= 0.6 is 0 Å². The highest BCUT2D eigenvalue weighted by molar-refractivity contribution is 5.96. The first kappa shape index (κ1) is 17.0. The summed E-state index contributed by atoms with van der Waals surface area (Å²) < 4.78 is 6.43. The first-order valence-electron chi connectivity index (χ1n) is 8.63. The first-order valence-corrected chi connectivity index (χ1v) is 8.63. The molecule has 0 saturated heterocycles. The van der Waals surface area contributed by atoms with Crippen LogP contribution in [0.3, 0.4) is 0 Å². The van der Waals surface area contributed by atoms with E-state index in [1.54, 1.807) is 21.9 Å². The van der Waals surface area contributed by atoms with Crippen LogP contribution in [0.25, 0.3) is 11.3 Å². The molecule has 1 aromatic carbocycles. The number of aromatic nitrogens is 3. The minimum Gasteiger partial charge on any atom is -0.465 e. The van der Waals surface area contributed by atoms with Crippen LogP contribution in [0.5, 0.6) is 0 Å². The lowest BCUT2D eigenvalue weighted by atomic mass is 10.1. The zero-order chi connectivity index (χ0) is 19.0. The Labute approximate surface area is 154 Å². The summed E-state index contributed by atoms with van der Waals surface area (Å²) in [5.74, 6) is -0.581. The molecule has 4 rings (SSSR count). The zero-order valence-electron chi connectivity index (χ0n) is 14.8. The molecule has 3 aliphatic heterocycles. The highest BCUT2D eigenvalue weighted by Gasteiger charge is 2.25. The Morgan fingerprint density at radius 1 is 1.26 bits per heavy atom. The topological polar surface area (TPSA) is 97.3 Å². The fraction of sp³-hybridized carbons (Fsp3) is 0.263. The molecule has 1 aromatic rings. The second kappa shape index (κ2) is 6.71. The van der Waals surface area contributed by atoms with Crippen molar-refractivity contribution in [2.24, 2.45) is 0 Å². The maximum absolute atomic E-state index is 12.7. The summed E-state index contributed by atoms with van der Waals surface area (Å²) in [6, 6.07) is 7.87. The molecule has 0 saturated carbocycles. The highest BCUT2D eigenvalue weighted by atomic mass is 16.5. The number of fused-ring (bicyclic) bond motifs is 2. The second-order valence-corrected chi connectivity index (χ2v) is 6.39. The summed E-state index contributed by atoms with van der Waals surface area (Å²) in [7, 11) is 1.27. The number of esters is 1. The molecular formula is C19H18N4O4. The van der Waals surface area contributed by atoms with E-state index in [9.17, 15) is 14.4 Å². The number of carbonyl (C=O) groups excluding carboxylic acids is 2. The van der Waals surface area contributed by atoms with Gasteiger partial charge in [0.15, 0.2) is 0 Å². The van der Waals surface area contributed by atoms with Gasteiger partial charge in [-0.15, -0.1) is 0 Å². The van der Waals surface area contributed by atoms with Crippen molar-refractivity contribution >= 4 is 17.6 Å². The number of anilines is 1. The first-order chi connectivity index (χ1) is 13.1. The van der Waals surface area contributed by atoms with E-state index in [0.29, 0.717) is 13.1 Å². The molecule has 3 aliphatic rings. The third kappa shape index (κ3) is 2.99. The van der Waals surface area contributed by atoms with Gasteiger partial charge in [0.25, 0.3) is 5.56 Å². The lowest BCUT2D eigenvalue weighted by Crippen LogP contribution is -2.29. The number of benzene rings is 1. The molecular weight excluding hydrogens is 348 g/mol. The summed E-state index contributed by atoms with van der Waals surface area (Å²) in [4.78, 5) is 38.4. The van der Waals surface area contributed by atoms with E-state index in [4.69, 9.17) is 4.74 Å². The van der Waals surface area contributed by atoms with E-state index in [1.807, 2.05) is 24.3 Å². The van der Waals surface area contributed by atoms with Crippen molar-refractivity contribution in [2.75, 3.05) is 18.6 Å². The fourth-order valence-electron chi connectivity index (χ4n) is 3.44. The van der Waals surface area contributed by atoms with Gasteiger partial charge in [0.2, 0.25) is 5.91 Å². The number of nitrogens with zero attached hydrogens (tertiary/aromatic N) is 3. The Morgan fingerprint density at radius 3 is 2.89 bits per heavy atom. The molecule has 1 amide bonds. The molecule has 0 spiro atoms. The number of ether oxygens (including phenoxy) is 1. The van der Waals surface area contributed by atoms with Crippen LogP contribution in [0.4, 0.5) is 5.69 Å². The van der Waals surface area contributed by atoms with Gasteiger partial charge in [-0.1, -0.05) is 18.2 Å². The number of carbonyl (C=O) groups is 2. The van der Waals surface area contributed by atoms with Gasteiger partial charge in [-0.2, -0.15) is 5.10 Å². The van der Waals surface area contributed by atoms with Gasteiger partial charge < -0.3 is 14.2 Å². The van der Waals surface area contributed by atoms with Gasteiger partial charge in [-0.3, -0.25) is 9.59 Å². The van der Waals surface area contributed by atoms with E-state index in [-0.39, 0.29) is 34.7 Å². The predicted molar refractivity (Wildman–Crippen MR) is 97.9 cm³/mol. The highest BCUT2D eigenvalue weighted by Crippen LogP contribution is 2.28. The van der Waals surface area contributed by atoms with Crippen LogP contribution in [0.2, 0.25) is 0 Å². The molecule has 3 heterocycles. The Kier molecular flexibility index (Phi) is 4.23. The second-order valence-electron chi connectivity index (χ2n) is 6.39. The molecule has 1 N–H and O–H groups in total. The molecule has 0 fully saturated rings. The van der Waals surface area contributed by atoms with Crippen LogP contribution in [0.1, 0.15) is 22.3 Å². The summed E-state index contributed by atoms with van der Waals surface area (Å²) in [5, 5.41) is 6.23. The molecule has 0 bridgehead atoms. The van der Waals surface area contributed by atoms with Crippen LogP contribution < -0.4 is 10.5 Å². The standard InChI is InChI=1S/C19H18N4O4/c1-27-19(26)14-11-22(10-13-17(14)20-21-18(13)25)8-7-16(24)23-9-6-12-4-2-3-5-15(12)23/h2-5,10-11H,6-9H2,1H3,(H,21,25). The quantitative estimate of drug-likeness (QED) is 0.705. The molecule has 0 atom stereocenters. The Hall–Kier alpha value is -3.42. The van der Waals surface area contributed by atoms with Crippen molar-refractivity contribution in [3.63, 3.8) is 0 Å². The largest absolute Gasteiger partial charge is 0.465 e. The number of aryl methyl sites for hydroxylation is 1. The van der Waals surface area contributed by atoms with Crippen molar-refractivity contribution in [1.82, 2.24) is 14.8 Å². The number of rotatable bonds is 4. The molecule has 8 nitrogen and oxygen atoms in total. The number of aromatic amines is 1. The Balaban J connectivity index is 1.57. The van der Waals surface area contributed by atoms with Gasteiger partial charge in [0.05, 0.1) is 12.7 Å². The Morgan fingerprint density at radius 2 is 2.07 bits per heavy atom. The molecule has 138 valence electrons. The molecule has 0 aliphatic carbocycles. The Bertz CT molecular complexity index is 1050. The minimum atomic E-state index is -0.583. The van der Waals surface area contributed by atoms with E-state index in [0.717, 1.165) is 12.1 Å². The predicted octanol–water partition coefficient (Wildman–Crippen LogP) is 1.44. The molecule has 8 heteroatoms. The number of hydrogen-bond acceptors (Lipinski definition) is 5. The number of H-pyrrole nitrogens is 1. The normalized spacial score (nSPS) is 13.0. The number of para-hydroxylation sites is 1.